The Bertz CT molecular complexity index is 1210. The Balaban J connectivity index is 1.45. The number of carbonyl (C=O) groups excluding carboxylic acids is 1. The van der Waals surface area contributed by atoms with Crippen LogP contribution in [0.2, 0.25) is 0 Å². The van der Waals surface area contributed by atoms with Crippen molar-refractivity contribution < 1.29 is 27.4 Å². The van der Waals surface area contributed by atoms with E-state index in [2.05, 4.69) is 13.5 Å². The van der Waals surface area contributed by atoms with Gasteiger partial charge in [-0.25, -0.2) is 18.0 Å². The topological polar surface area (TPSA) is 35.5 Å². The molecule has 182 valence electrons. The molecule has 0 aromatic heterocycles. The average Bonchev–Trinajstić information content (AvgIpc) is 2.86. The number of halogens is 3. The van der Waals surface area contributed by atoms with Crippen molar-refractivity contribution >= 4 is 5.97 Å². The van der Waals surface area contributed by atoms with Gasteiger partial charge in [0.15, 0.2) is 23.2 Å². The molecule has 6 heteroatoms. The minimum absolute atomic E-state index is 0.0363. The molecule has 1 saturated carbocycles. The largest absolute Gasteiger partial charge is 0.486 e. The molecule has 0 saturated heterocycles. The lowest BCUT2D eigenvalue weighted by atomic mass is 9.79. The van der Waals surface area contributed by atoms with Gasteiger partial charge in [-0.15, -0.1) is 0 Å². The van der Waals surface area contributed by atoms with Crippen LogP contribution in [0.4, 0.5) is 13.2 Å². The highest BCUT2D eigenvalue weighted by molar-refractivity contribution is 5.91. The number of hydrogen-bond donors (Lipinski definition) is 0. The average molecular weight is 481 g/mol. The fraction of sp³-hybridized carbons (Fsp3) is 0.276. The van der Waals surface area contributed by atoms with Crippen molar-refractivity contribution in [3.63, 3.8) is 0 Å². The summed E-state index contributed by atoms with van der Waals surface area (Å²) in [5.74, 6) is -2.81. The van der Waals surface area contributed by atoms with E-state index in [0.29, 0.717) is 22.6 Å². The van der Waals surface area contributed by atoms with Crippen LogP contribution in [0.15, 0.2) is 67.3 Å². The summed E-state index contributed by atoms with van der Waals surface area (Å²) in [6, 6.07) is 13.7. The van der Waals surface area contributed by atoms with E-state index in [1.54, 1.807) is 18.2 Å². The summed E-state index contributed by atoms with van der Waals surface area (Å²) in [5.41, 5.74) is 1.16. The van der Waals surface area contributed by atoms with Crippen LogP contribution >= 0.6 is 0 Å². The Hall–Kier alpha value is -3.54. The normalized spacial score (nSPS) is 17.6. The molecule has 0 atom stereocenters. The fourth-order valence-electron chi connectivity index (χ4n) is 4.43. The third-order valence-corrected chi connectivity index (χ3v) is 6.47. The molecule has 0 bridgehead atoms. The van der Waals surface area contributed by atoms with Crippen molar-refractivity contribution in [1.82, 2.24) is 0 Å². The Morgan fingerprint density at radius 3 is 2.29 bits per heavy atom. The number of rotatable bonds is 7. The molecule has 4 rings (SSSR count). The highest BCUT2D eigenvalue weighted by Crippen LogP contribution is 2.37. The van der Waals surface area contributed by atoms with Crippen molar-refractivity contribution in [3.8, 4) is 22.6 Å². The first-order chi connectivity index (χ1) is 16.9. The maximum atomic E-state index is 14.8. The zero-order valence-corrected chi connectivity index (χ0v) is 19.5. The van der Waals surface area contributed by atoms with Crippen LogP contribution < -0.4 is 9.47 Å². The number of benzene rings is 3. The van der Waals surface area contributed by atoms with Crippen LogP contribution in [0, 0.1) is 23.4 Å². The molecule has 35 heavy (non-hydrogen) atoms. The first kappa shape index (κ1) is 24.6. The second kappa shape index (κ2) is 10.8. The van der Waals surface area contributed by atoms with Crippen molar-refractivity contribution in [1.29, 1.82) is 0 Å². The summed E-state index contributed by atoms with van der Waals surface area (Å²) in [6.07, 6.45) is 5.10. The van der Waals surface area contributed by atoms with Gasteiger partial charge >= 0.3 is 5.97 Å². The second-order valence-electron chi connectivity index (χ2n) is 8.95. The molecule has 3 aromatic rings. The van der Waals surface area contributed by atoms with E-state index in [4.69, 9.17) is 9.47 Å². The molecule has 0 spiro atoms. The van der Waals surface area contributed by atoms with E-state index in [0.717, 1.165) is 25.7 Å². The molecule has 0 unspecified atom stereocenters. The monoisotopic (exact) mass is 480 g/mol. The standard InChI is InChI=1S/C29H27F3O3/c1-3-16-34-26-15-10-21(17-25(26)30)19-8-11-22(12-9-19)35-29(33)24-14-13-23(27(31)28(24)32)20-6-4-18(2)5-7-20/h3,8-15,17-18,20H,1,4-7,16H2,2H3. The third kappa shape index (κ3) is 5.59. The molecule has 1 fully saturated rings. The van der Waals surface area contributed by atoms with Gasteiger partial charge in [-0.3, -0.25) is 0 Å². The Morgan fingerprint density at radius 2 is 1.63 bits per heavy atom. The van der Waals surface area contributed by atoms with Gasteiger partial charge in [0, 0.05) is 0 Å². The quantitative estimate of drug-likeness (QED) is 0.196. The zero-order chi connectivity index (χ0) is 24.9. The molecule has 0 radical (unpaired) electrons. The van der Waals surface area contributed by atoms with E-state index < -0.39 is 29.0 Å². The second-order valence-corrected chi connectivity index (χ2v) is 8.95. The van der Waals surface area contributed by atoms with E-state index in [1.165, 1.54) is 42.5 Å². The molecular formula is C29H27F3O3. The lowest BCUT2D eigenvalue weighted by Gasteiger charge is -2.27. The van der Waals surface area contributed by atoms with Gasteiger partial charge in [0.2, 0.25) is 0 Å². The first-order valence-electron chi connectivity index (χ1n) is 11.7. The van der Waals surface area contributed by atoms with Gasteiger partial charge in [0.05, 0.1) is 5.56 Å². The van der Waals surface area contributed by atoms with Gasteiger partial charge in [-0.05, 0) is 71.7 Å². The van der Waals surface area contributed by atoms with Gasteiger partial charge in [-0.1, -0.05) is 56.7 Å². The van der Waals surface area contributed by atoms with Crippen LogP contribution in [0.5, 0.6) is 11.5 Å². The molecule has 1 aliphatic rings. The molecule has 0 aliphatic heterocycles. The molecule has 3 nitrogen and oxygen atoms in total. The summed E-state index contributed by atoms with van der Waals surface area (Å²) >= 11 is 0. The van der Waals surface area contributed by atoms with Crippen molar-refractivity contribution in [2.24, 2.45) is 5.92 Å². The zero-order valence-electron chi connectivity index (χ0n) is 19.5. The van der Waals surface area contributed by atoms with Crippen LogP contribution in [0.25, 0.3) is 11.1 Å². The predicted octanol–water partition coefficient (Wildman–Crippen LogP) is 7.85. The van der Waals surface area contributed by atoms with Crippen molar-refractivity contribution in [3.05, 3.63) is 95.8 Å². The number of carbonyl (C=O) groups is 1. The van der Waals surface area contributed by atoms with Gasteiger partial charge in [-0.2, -0.15) is 0 Å². The van der Waals surface area contributed by atoms with E-state index in [-0.39, 0.29) is 24.0 Å². The summed E-state index contributed by atoms with van der Waals surface area (Å²) in [6.45, 7) is 5.89. The van der Waals surface area contributed by atoms with Crippen LogP contribution in [0.3, 0.4) is 0 Å². The van der Waals surface area contributed by atoms with E-state index in [1.807, 2.05) is 0 Å². The van der Waals surface area contributed by atoms with E-state index >= 15 is 0 Å². The molecule has 1 aliphatic carbocycles. The van der Waals surface area contributed by atoms with Crippen LogP contribution in [-0.2, 0) is 0 Å². The number of esters is 1. The highest BCUT2D eigenvalue weighted by atomic mass is 19.2. The Labute approximate surface area is 203 Å². The maximum absolute atomic E-state index is 14.8. The molecule has 3 aromatic carbocycles. The van der Waals surface area contributed by atoms with Crippen molar-refractivity contribution in [2.45, 2.75) is 38.5 Å². The smallest absolute Gasteiger partial charge is 0.346 e. The third-order valence-electron chi connectivity index (χ3n) is 6.47. The highest BCUT2D eigenvalue weighted by Gasteiger charge is 2.27. The van der Waals surface area contributed by atoms with Crippen molar-refractivity contribution in [2.75, 3.05) is 6.61 Å². The molecule has 0 heterocycles. The summed E-state index contributed by atoms with van der Waals surface area (Å²) < 4.78 is 54.3. The van der Waals surface area contributed by atoms with Crippen LogP contribution in [-0.4, -0.2) is 12.6 Å². The predicted molar refractivity (Wildman–Crippen MR) is 129 cm³/mol. The van der Waals surface area contributed by atoms with Crippen LogP contribution in [0.1, 0.15) is 54.4 Å². The SMILES string of the molecule is C=CCOc1ccc(-c2ccc(OC(=O)c3ccc(C4CCC(C)CC4)c(F)c3F)cc2)cc1F. The minimum atomic E-state index is -1.18. The van der Waals surface area contributed by atoms with E-state index in [9.17, 15) is 18.0 Å². The Morgan fingerprint density at radius 1 is 0.943 bits per heavy atom. The maximum Gasteiger partial charge on any atom is 0.346 e. The van der Waals surface area contributed by atoms with Gasteiger partial charge in [0.25, 0.3) is 0 Å². The Kier molecular flexibility index (Phi) is 7.59. The fourth-order valence-corrected chi connectivity index (χ4v) is 4.43. The molecule has 0 N–H and O–H groups in total. The lowest BCUT2D eigenvalue weighted by molar-refractivity contribution is 0.0728. The number of hydrogen-bond acceptors (Lipinski definition) is 3. The molecular weight excluding hydrogens is 453 g/mol. The summed E-state index contributed by atoms with van der Waals surface area (Å²) in [5, 5.41) is 0. The summed E-state index contributed by atoms with van der Waals surface area (Å²) in [7, 11) is 0. The molecule has 0 amide bonds. The minimum Gasteiger partial charge on any atom is -0.486 e. The van der Waals surface area contributed by atoms with Gasteiger partial charge < -0.3 is 9.47 Å². The summed E-state index contributed by atoms with van der Waals surface area (Å²) in [4.78, 5) is 12.5. The first-order valence-corrected chi connectivity index (χ1v) is 11.7. The van der Waals surface area contributed by atoms with Gasteiger partial charge in [0.1, 0.15) is 12.4 Å². The number of ether oxygens (including phenoxy) is 2. The lowest BCUT2D eigenvalue weighted by Crippen LogP contribution is -2.16.